The molecule has 1 unspecified atom stereocenters. The van der Waals surface area contributed by atoms with Crippen LogP contribution in [0.2, 0.25) is 0 Å². The van der Waals surface area contributed by atoms with Crippen molar-refractivity contribution in [3.8, 4) is 0 Å². The van der Waals surface area contributed by atoms with Crippen LogP contribution in [0.1, 0.15) is 49.7 Å². The third-order valence-electron chi connectivity index (χ3n) is 6.81. The fourth-order valence-electron chi connectivity index (χ4n) is 5.13. The van der Waals surface area contributed by atoms with Crippen molar-refractivity contribution in [1.29, 1.82) is 0 Å². The van der Waals surface area contributed by atoms with Crippen molar-refractivity contribution < 1.29 is 23.9 Å². The minimum atomic E-state index is -1.44. The van der Waals surface area contributed by atoms with E-state index in [9.17, 15) is 23.9 Å². The molecule has 174 valence electrons. The van der Waals surface area contributed by atoms with Gasteiger partial charge in [0.15, 0.2) is 0 Å². The van der Waals surface area contributed by atoms with E-state index in [-0.39, 0.29) is 50.4 Å². The molecule has 3 amide bonds. The van der Waals surface area contributed by atoms with Crippen LogP contribution in [-0.2, 0) is 26.3 Å². The highest BCUT2D eigenvalue weighted by Gasteiger charge is 2.56. The normalized spacial score (nSPS) is 21.1. The maximum absolute atomic E-state index is 14.2. The van der Waals surface area contributed by atoms with Crippen molar-refractivity contribution in [1.82, 2.24) is 9.80 Å². The minimum Gasteiger partial charge on any atom is -0.395 e. The van der Waals surface area contributed by atoms with Gasteiger partial charge < -0.3 is 10.0 Å². The first-order chi connectivity index (χ1) is 15.9. The highest BCUT2D eigenvalue weighted by atomic mass is 19.1. The highest BCUT2D eigenvalue weighted by molar-refractivity contribution is 6.11. The molecule has 6 nitrogen and oxygen atoms in total. The van der Waals surface area contributed by atoms with Gasteiger partial charge in [-0.3, -0.25) is 19.3 Å². The largest absolute Gasteiger partial charge is 0.395 e. The molecule has 2 aromatic rings. The van der Waals surface area contributed by atoms with Gasteiger partial charge in [0.25, 0.3) is 0 Å². The number of hydrogen-bond donors (Lipinski definition) is 1. The number of halogens is 1. The van der Waals surface area contributed by atoms with Crippen LogP contribution in [0.5, 0.6) is 0 Å². The predicted molar refractivity (Wildman–Crippen MR) is 120 cm³/mol. The standard InChI is InChI=1S/C26H29FN2O4/c27-21-10-6-9-20(15-21)26(17-24(32)29(25(26)33)22-11-4-5-12-22)16-23(31)28(13-14-30)18-19-7-2-1-3-8-19/h1-3,6-10,15,22,30H,4-5,11-14,16-18H2. The Morgan fingerprint density at radius 1 is 1.09 bits per heavy atom. The molecule has 1 aliphatic heterocycles. The number of benzene rings is 2. The van der Waals surface area contributed by atoms with Gasteiger partial charge in [0.2, 0.25) is 17.7 Å². The number of nitrogens with zero attached hydrogens (tertiary/aromatic N) is 2. The summed E-state index contributed by atoms with van der Waals surface area (Å²) >= 11 is 0. The van der Waals surface area contributed by atoms with E-state index >= 15 is 0 Å². The van der Waals surface area contributed by atoms with Gasteiger partial charge in [0.1, 0.15) is 5.82 Å². The molecule has 7 heteroatoms. The van der Waals surface area contributed by atoms with Gasteiger partial charge in [-0.15, -0.1) is 0 Å². The fraction of sp³-hybridized carbons (Fsp3) is 0.423. The lowest BCUT2D eigenvalue weighted by Gasteiger charge is -2.31. The summed E-state index contributed by atoms with van der Waals surface area (Å²) < 4.78 is 14.2. The average Bonchev–Trinajstić information content (AvgIpc) is 3.41. The van der Waals surface area contributed by atoms with Gasteiger partial charge in [-0.25, -0.2) is 4.39 Å². The number of carbonyl (C=O) groups is 3. The summed E-state index contributed by atoms with van der Waals surface area (Å²) in [6.45, 7) is 0.141. The van der Waals surface area contributed by atoms with Crippen molar-refractivity contribution in [3.05, 3.63) is 71.5 Å². The lowest BCUT2D eigenvalue weighted by Crippen LogP contribution is -2.46. The van der Waals surface area contributed by atoms with E-state index < -0.39 is 17.1 Å². The first-order valence-electron chi connectivity index (χ1n) is 11.5. The zero-order valence-electron chi connectivity index (χ0n) is 18.6. The molecule has 2 aromatic carbocycles. The summed E-state index contributed by atoms with van der Waals surface area (Å²) in [6, 6.07) is 14.9. The fourth-order valence-corrected chi connectivity index (χ4v) is 5.13. The van der Waals surface area contributed by atoms with Crippen molar-refractivity contribution in [2.45, 2.75) is 56.5 Å². The lowest BCUT2D eigenvalue weighted by molar-refractivity contribution is -0.145. The van der Waals surface area contributed by atoms with Crippen LogP contribution in [0.25, 0.3) is 0 Å². The molecule has 2 fully saturated rings. The number of amides is 3. The van der Waals surface area contributed by atoms with E-state index in [1.165, 1.54) is 28.0 Å². The molecule has 0 aromatic heterocycles. The van der Waals surface area contributed by atoms with Crippen molar-refractivity contribution >= 4 is 17.7 Å². The van der Waals surface area contributed by atoms with Gasteiger partial charge >= 0.3 is 0 Å². The van der Waals surface area contributed by atoms with Crippen molar-refractivity contribution in [2.24, 2.45) is 0 Å². The molecule has 0 radical (unpaired) electrons. The van der Waals surface area contributed by atoms with E-state index in [4.69, 9.17) is 0 Å². The maximum atomic E-state index is 14.2. The van der Waals surface area contributed by atoms with Crippen LogP contribution in [0.15, 0.2) is 54.6 Å². The zero-order valence-corrected chi connectivity index (χ0v) is 18.6. The van der Waals surface area contributed by atoms with Gasteiger partial charge in [0.05, 0.1) is 12.0 Å². The number of likely N-dealkylation sites (tertiary alicyclic amines) is 1. The number of aliphatic hydroxyl groups is 1. The quantitative estimate of drug-likeness (QED) is 0.624. The second-order valence-corrected chi connectivity index (χ2v) is 8.98. The van der Waals surface area contributed by atoms with E-state index in [2.05, 4.69) is 0 Å². The summed E-state index contributed by atoms with van der Waals surface area (Å²) in [5.74, 6) is -1.59. The number of imide groups is 1. The molecule has 33 heavy (non-hydrogen) atoms. The van der Waals surface area contributed by atoms with Gasteiger partial charge in [0, 0.05) is 32.0 Å². The zero-order chi connectivity index (χ0) is 23.4. The van der Waals surface area contributed by atoms with E-state index in [1.54, 1.807) is 6.07 Å². The Labute approximate surface area is 193 Å². The summed E-state index contributed by atoms with van der Waals surface area (Å²) in [5, 5.41) is 9.55. The van der Waals surface area contributed by atoms with Crippen LogP contribution >= 0.6 is 0 Å². The van der Waals surface area contributed by atoms with Crippen molar-refractivity contribution in [2.75, 3.05) is 13.2 Å². The molecule has 0 spiro atoms. The molecule has 1 saturated carbocycles. The Balaban J connectivity index is 1.67. The van der Waals surface area contributed by atoms with E-state index in [0.29, 0.717) is 5.56 Å². The first kappa shape index (κ1) is 23.1. The number of carbonyl (C=O) groups excluding carboxylic acids is 3. The molecule has 4 rings (SSSR count). The number of rotatable bonds is 8. The highest BCUT2D eigenvalue weighted by Crippen LogP contribution is 2.43. The van der Waals surface area contributed by atoms with Gasteiger partial charge in [-0.05, 0) is 36.1 Å². The molecule has 1 aliphatic carbocycles. The Bertz CT molecular complexity index is 1020. The molecule has 0 bridgehead atoms. The molecule has 1 atom stereocenters. The van der Waals surface area contributed by atoms with E-state index in [0.717, 1.165) is 31.2 Å². The average molecular weight is 453 g/mol. The Morgan fingerprint density at radius 3 is 2.48 bits per heavy atom. The van der Waals surface area contributed by atoms with Crippen molar-refractivity contribution in [3.63, 3.8) is 0 Å². The van der Waals surface area contributed by atoms with Crippen LogP contribution in [0, 0.1) is 5.82 Å². The topological polar surface area (TPSA) is 77.9 Å². The molecular weight excluding hydrogens is 423 g/mol. The van der Waals surface area contributed by atoms with Crippen LogP contribution in [0.3, 0.4) is 0 Å². The molecule has 1 saturated heterocycles. The summed E-state index contributed by atoms with van der Waals surface area (Å²) in [7, 11) is 0. The van der Waals surface area contributed by atoms with E-state index in [1.807, 2.05) is 30.3 Å². The molecular formula is C26H29FN2O4. The Morgan fingerprint density at radius 2 is 1.82 bits per heavy atom. The van der Waals surface area contributed by atoms with Crippen LogP contribution in [-0.4, -0.2) is 51.8 Å². The molecule has 1 N–H and O–H groups in total. The second-order valence-electron chi connectivity index (χ2n) is 8.98. The maximum Gasteiger partial charge on any atom is 0.241 e. The predicted octanol–water partition coefficient (Wildman–Crippen LogP) is 3.18. The second kappa shape index (κ2) is 9.83. The first-order valence-corrected chi connectivity index (χ1v) is 11.5. The van der Waals surface area contributed by atoms with Gasteiger partial charge in [-0.1, -0.05) is 55.3 Å². The number of hydrogen-bond acceptors (Lipinski definition) is 4. The summed E-state index contributed by atoms with van der Waals surface area (Å²) in [4.78, 5) is 43.1. The molecule has 2 aliphatic rings. The third kappa shape index (κ3) is 4.69. The van der Waals surface area contributed by atoms with Crippen LogP contribution in [0.4, 0.5) is 4.39 Å². The number of aliphatic hydroxyl groups excluding tert-OH is 1. The summed E-state index contributed by atoms with van der Waals surface area (Å²) in [5.41, 5.74) is -0.206. The van der Waals surface area contributed by atoms with Gasteiger partial charge in [-0.2, -0.15) is 0 Å². The monoisotopic (exact) mass is 452 g/mol. The van der Waals surface area contributed by atoms with Crippen LogP contribution < -0.4 is 0 Å². The molecule has 1 heterocycles. The Kier molecular flexibility index (Phi) is 6.88. The third-order valence-corrected chi connectivity index (χ3v) is 6.81. The lowest BCUT2D eigenvalue weighted by atomic mass is 9.75. The smallest absolute Gasteiger partial charge is 0.241 e. The minimum absolute atomic E-state index is 0.0986. The summed E-state index contributed by atoms with van der Waals surface area (Å²) in [6.07, 6.45) is 3.02. The SMILES string of the molecule is O=C(CC1(c2cccc(F)c2)CC(=O)N(C2CCCC2)C1=O)N(CCO)Cc1ccccc1. The Hall–Kier alpha value is -3.06.